The first-order valence-corrected chi connectivity index (χ1v) is 12.3. The molecule has 0 saturated heterocycles. The van der Waals surface area contributed by atoms with E-state index in [1.165, 1.54) is 28.9 Å². The number of carbonyl (C=O) groups is 1. The van der Waals surface area contributed by atoms with E-state index in [2.05, 4.69) is 15.3 Å². The highest BCUT2D eigenvalue weighted by atomic mass is 32.2. The van der Waals surface area contributed by atoms with E-state index in [0.29, 0.717) is 28.6 Å². The summed E-state index contributed by atoms with van der Waals surface area (Å²) in [7, 11) is -3.91. The van der Waals surface area contributed by atoms with Crippen LogP contribution in [0.2, 0.25) is 0 Å². The van der Waals surface area contributed by atoms with E-state index in [0.717, 1.165) is 0 Å². The molecule has 10 heteroatoms. The summed E-state index contributed by atoms with van der Waals surface area (Å²) in [5.41, 5.74) is 0.699. The SMILES string of the molecule is CCn1nc(-c2nnc(-c3ccc4c(c3)S(=O)(=O)c3ccccc3C4=O)o2)c2ccccc2c1=O. The molecule has 0 amide bonds. The molecule has 1 aliphatic heterocycles. The van der Waals surface area contributed by atoms with Crippen molar-refractivity contribution < 1.29 is 17.6 Å². The maximum absolute atomic E-state index is 13.2. The molecule has 2 aromatic heterocycles. The van der Waals surface area contributed by atoms with Crippen LogP contribution in [0.25, 0.3) is 33.8 Å². The second kappa shape index (κ2) is 7.54. The maximum atomic E-state index is 13.2. The van der Waals surface area contributed by atoms with Gasteiger partial charge in [-0.15, -0.1) is 10.2 Å². The number of carbonyl (C=O) groups excluding carboxylic acids is 1. The molecule has 172 valence electrons. The van der Waals surface area contributed by atoms with Crippen molar-refractivity contribution in [2.45, 2.75) is 23.3 Å². The smallest absolute Gasteiger partial charge is 0.274 e. The van der Waals surface area contributed by atoms with Crippen molar-refractivity contribution in [3.05, 3.63) is 88.2 Å². The number of sulfone groups is 1. The van der Waals surface area contributed by atoms with E-state index in [1.54, 1.807) is 49.4 Å². The Balaban J connectivity index is 1.49. The number of benzene rings is 3. The first kappa shape index (κ1) is 21.1. The van der Waals surface area contributed by atoms with Gasteiger partial charge in [0.25, 0.3) is 11.4 Å². The zero-order valence-corrected chi connectivity index (χ0v) is 19.1. The predicted molar refractivity (Wildman–Crippen MR) is 126 cm³/mol. The fourth-order valence-corrected chi connectivity index (χ4v) is 5.94. The number of aromatic nitrogens is 4. The minimum atomic E-state index is -3.91. The molecule has 0 bridgehead atoms. The molecule has 0 aliphatic carbocycles. The zero-order chi connectivity index (χ0) is 24.3. The van der Waals surface area contributed by atoms with Crippen molar-refractivity contribution >= 4 is 26.4 Å². The second-order valence-electron chi connectivity index (χ2n) is 7.97. The Morgan fingerprint density at radius 1 is 0.829 bits per heavy atom. The first-order chi connectivity index (χ1) is 16.9. The fraction of sp³-hybridized carbons (Fsp3) is 0.0800. The number of hydrogen-bond acceptors (Lipinski definition) is 8. The highest BCUT2D eigenvalue weighted by molar-refractivity contribution is 7.91. The predicted octanol–water partition coefficient (Wildman–Crippen LogP) is 3.51. The molecule has 0 radical (unpaired) electrons. The molecule has 0 fully saturated rings. The van der Waals surface area contributed by atoms with Crippen molar-refractivity contribution in [2.75, 3.05) is 0 Å². The van der Waals surface area contributed by atoms with Gasteiger partial charge in [-0.25, -0.2) is 13.1 Å². The lowest BCUT2D eigenvalue weighted by Crippen LogP contribution is -2.22. The third-order valence-electron chi connectivity index (χ3n) is 5.98. The van der Waals surface area contributed by atoms with Gasteiger partial charge < -0.3 is 4.42 Å². The summed E-state index contributed by atoms with van der Waals surface area (Å²) in [6, 6.07) is 17.5. The third-order valence-corrected chi connectivity index (χ3v) is 7.83. The first-order valence-electron chi connectivity index (χ1n) is 10.8. The molecule has 3 heterocycles. The summed E-state index contributed by atoms with van der Waals surface area (Å²) in [4.78, 5) is 25.4. The van der Waals surface area contributed by atoms with Crippen LogP contribution in [0.1, 0.15) is 22.8 Å². The van der Waals surface area contributed by atoms with Gasteiger partial charge in [0.2, 0.25) is 15.7 Å². The van der Waals surface area contributed by atoms with E-state index in [1.807, 2.05) is 0 Å². The van der Waals surface area contributed by atoms with E-state index in [4.69, 9.17) is 4.42 Å². The zero-order valence-electron chi connectivity index (χ0n) is 18.3. The molecule has 0 saturated carbocycles. The van der Waals surface area contributed by atoms with Crippen LogP contribution < -0.4 is 5.56 Å². The Morgan fingerprint density at radius 2 is 1.51 bits per heavy atom. The molecule has 0 unspecified atom stereocenters. The van der Waals surface area contributed by atoms with Gasteiger partial charge in [-0.2, -0.15) is 5.10 Å². The van der Waals surface area contributed by atoms with Gasteiger partial charge >= 0.3 is 0 Å². The van der Waals surface area contributed by atoms with Crippen LogP contribution in [0.4, 0.5) is 0 Å². The molecule has 0 spiro atoms. The molecule has 6 rings (SSSR count). The lowest BCUT2D eigenvalue weighted by Gasteiger charge is -2.18. The summed E-state index contributed by atoms with van der Waals surface area (Å²) in [6.45, 7) is 2.16. The van der Waals surface area contributed by atoms with Crippen LogP contribution in [-0.2, 0) is 16.4 Å². The molecular weight excluding hydrogens is 468 g/mol. The second-order valence-corrected chi connectivity index (χ2v) is 9.85. The summed E-state index contributed by atoms with van der Waals surface area (Å²) < 4.78 is 33.7. The Kier molecular flexibility index (Phi) is 4.55. The quantitative estimate of drug-likeness (QED) is 0.374. The fourth-order valence-electron chi connectivity index (χ4n) is 4.26. The summed E-state index contributed by atoms with van der Waals surface area (Å²) >= 11 is 0. The molecule has 1 aliphatic rings. The van der Waals surface area contributed by atoms with Gasteiger partial charge in [-0.05, 0) is 43.3 Å². The van der Waals surface area contributed by atoms with E-state index in [-0.39, 0.29) is 44.0 Å². The van der Waals surface area contributed by atoms with Crippen LogP contribution in [0.15, 0.2) is 85.7 Å². The normalized spacial score (nSPS) is 14.0. The van der Waals surface area contributed by atoms with Crippen LogP contribution >= 0.6 is 0 Å². The number of rotatable bonds is 3. The lowest BCUT2D eigenvalue weighted by molar-refractivity contribution is 0.103. The van der Waals surface area contributed by atoms with Gasteiger partial charge in [0.1, 0.15) is 0 Å². The van der Waals surface area contributed by atoms with E-state index in [9.17, 15) is 18.0 Å². The van der Waals surface area contributed by atoms with Crippen molar-refractivity contribution in [2.24, 2.45) is 0 Å². The van der Waals surface area contributed by atoms with Gasteiger partial charge in [-0.1, -0.05) is 30.3 Å². The van der Waals surface area contributed by atoms with Gasteiger partial charge in [0, 0.05) is 28.6 Å². The van der Waals surface area contributed by atoms with Crippen LogP contribution in [0.3, 0.4) is 0 Å². The van der Waals surface area contributed by atoms with Crippen molar-refractivity contribution in [1.29, 1.82) is 0 Å². The van der Waals surface area contributed by atoms with Crippen LogP contribution in [0, 0.1) is 0 Å². The number of nitrogens with zero attached hydrogens (tertiary/aromatic N) is 4. The monoisotopic (exact) mass is 484 g/mol. The number of fused-ring (bicyclic) bond motifs is 3. The molecule has 9 nitrogen and oxygen atoms in total. The van der Waals surface area contributed by atoms with Crippen molar-refractivity contribution in [3.63, 3.8) is 0 Å². The van der Waals surface area contributed by atoms with Crippen molar-refractivity contribution in [1.82, 2.24) is 20.0 Å². The molecular formula is C25H16N4O5S. The summed E-state index contributed by atoms with van der Waals surface area (Å²) in [6.07, 6.45) is 0. The Labute approximate surface area is 198 Å². The van der Waals surface area contributed by atoms with E-state index < -0.39 is 9.84 Å². The lowest BCUT2D eigenvalue weighted by atomic mass is 10.0. The van der Waals surface area contributed by atoms with E-state index >= 15 is 0 Å². The summed E-state index contributed by atoms with van der Waals surface area (Å²) in [5.74, 6) is -0.217. The molecule has 3 aromatic carbocycles. The average Bonchev–Trinajstić information content (AvgIpc) is 3.38. The van der Waals surface area contributed by atoms with Crippen LogP contribution in [-0.4, -0.2) is 34.2 Å². The van der Waals surface area contributed by atoms with Gasteiger partial charge in [0.05, 0.1) is 15.2 Å². The third kappa shape index (κ3) is 3.07. The number of aryl methyl sites for hydroxylation is 1. The number of hydrogen-bond donors (Lipinski definition) is 0. The minimum Gasteiger partial charge on any atom is -0.415 e. The highest BCUT2D eigenvalue weighted by Gasteiger charge is 2.35. The molecule has 0 atom stereocenters. The topological polar surface area (TPSA) is 125 Å². The van der Waals surface area contributed by atoms with Gasteiger partial charge in [0.15, 0.2) is 11.5 Å². The number of ketones is 1. The standard InChI is InChI=1S/C25H16N4O5S/c1-2-29-25(31)16-8-4-3-7-15(16)21(28-29)24-27-26-23(34-24)14-11-12-18-20(13-14)35(32,33)19-10-6-5-9-17(19)22(18)30/h3-13H,2H2,1H3. The van der Waals surface area contributed by atoms with Crippen molar-refractivity contribution in [3.8, 4) is 23.0 Å². The maximum Gasteiger partial charge on any atom is 0.274 e. The largest absolute Gasteiger partial charge is 0.415 e. The molecule has 35 heavy (non-hydrogen) atoms. The Bertz CT molecular complexity index is 1850. The van der Waals surface area contributed by atoms with Gasteiger partial charge in [-0.3, -0.25) is 9.59 Å². The molecule has 0 N–H and O–H groups in total. The molecule has 5 aromatic rings. The average molecular weight is 484 g/mol. The Hall–Kier alpha value is -4.44. The Morgan fingerprint density at radius 3 is 2.31 bits per heavy atom. The minimum absolute atomic E-state index is 0.0293. The summed E-state index contributed by atoms with van der Waals surface area (Å²) in [5, 5.41) is 13.6. The van der Waals surface area contributed by atoms with Crippen LogP contribution in [0.5, 0.6) is 0 Å². The highest BCUT2D eigenvalue weighted by Crippen LogP contribution is 2.37.